The normalized spacial score (nSPS) is 11.1. The summed E-state index contributed by atoms with van der Waals surface area (Å²) in [6.45, 7) is 12.7. The molecule has 0 aliphatic carbocycles. The number of benzene rings is 4. The molecule has 0 spiro atoms. The first-order valence-corrected chi connectivity index (χ1v) is 14.8. The lowest BCUT2D eigenvalue weighted by Crippen LogP contribution is -2.24. The molecule has 5 heteroatoms. The van der Waals surface area contributed by atoms with Crippen LogP contribution in [0.2, 0.25) is 0 Å². The van der Waals surface area contributed by atoms with E-state index in [1.54, 1.807) is 18.2 Å². The summed E-state index contributed by atoms with van der Waals surface area (Å²) < 4.78 is 11.7. The summed E-state index contributed by atoms with van der Waals surface area (Å²) in [5, 5.41) is 11.1. The van der Waals surface area contributed by atoms with Crippen molar-refractivity contribution in [2.24, 2.45) is 0 Å². The number of para-hydroxylation sites is 2. The zero-order valence-corrected chi connectivity index (χ0v) is 25.7. The van der Waals surface area contributed by atoms with Crippen LogP contribution in [-0.4, -0.2) is 31.3 Å². The molecule has 220 valence electrons. The minimum absolute atomic E-state index is 0.117. The third kappa shape index (κ3) is 7.33. The number of carbonyl (C=O) groups is 1. The number of carbonyl (C=O) groups excluding carboxylic acids is 1. The van der Waals surface area contributed by atoms with Gasteiger partial charge in [-0.05, 0) is 54.0 Å². The number of anilines is 1. The molecule has 0 unspecified atom stereocenters. The maximum atomic E-state index is 12.8. The Kier molecular flexibility index (Phi) is 10.3. The molecule has 0 aromatic heterocycles. The van der Waals surface area contributed by atoms with E-state index in [0.717, 1.165) is 24.1 Å². The number of ether oxygens (including phenoxy) is 2. The molecule has 0 aliphatic heterocycles. The van der Waals surface area contributed by atoms with Gasteiger partial charge in [0.05, 0.1) is 6.61 Å². The maximum Gasteiger partial charge on any atom is 0.342 e. The lowest BCUT2D eigenvalue weighted by atomic mass is 9.90. The number of phenols is 1. The fraction of sp³-hybridized carbons (Fsp3) is 0.324. The predicted octanol–water partition coefficient (Wildman–Crippen LogP) is 8.88. The molecule has 42 heavy (non-hydrogen) atoms. The molecule has 0 atom stereocenters. The van der Waals surface area contributed by atoms with Crippen LogP contribution in [0.1, 0.15) is 78.6 Å². The number of aromatic hydroxyl groups is 1. The van der Waals surface area contributed by atoms with Crippen LogP contribution in [0.3, 0.4) is 0 Å². The second kappa shape index (κ2) is 14.1. The Morgan fingerprint density at radius 1 is 0.833 bits per heavy atom. The highest BCUT2D eigenvalue weighted by molar-refractivity contribution is 5.96. The number of nitrogens with zero attached hydrogens (tertiary/aromatic N) is 1. The van der Waals surface area contributed by atoms with Crippen LogP contribution >= 0.6 is 0 Å². The lowest BCUT2D eigenvalue weighted by Gasteiger charge is -2.29. The highest BCUT2D eigenvalue weighted by Crippen LogP contribution is 2.39. The van der Waals surface area contributed by atoms with Crippen LogP contribution in [0.25, 0.3) is 11.1 Å². The van der Waals surface area contributed by atoms with E-state index in [0.29, 0.717) is 29.8 Å². The number of rotatable bonds is 12. The van der Waals surface area contributed by atoms with E-state index in [9.17, 15) is 9.90 Å². The van der Waals surface area contributed by atoms with Crippen molar-refractivity contribution in [1.82, 2.24) is 0 Å². The van der Waals surface area contributed by atoms with E-state index in [2.05, 4.69) is 58.7 Å². The van der Waals surface area contributed by atoms with Crippen molar-refractivity contribution < 1.29 is 19.4 Å². The zero-order chi connectivity index (χ0) is 30.2. The fourth-order valence-electron chi connectivity index (χ4n) is 5.29. The van der Waals surface area contributed by atoms with Gasteiger partial charge in [0, 0.05) is 30.4 Å². The number of hydrogen-bond donors (Lipinski definition) is 1. The Balaban J connectivity index is 1.45. The number of esters is 1. The molecule has 0 fully saturated rings. The van der Waals surface area contributed by atoms with Gasteiger partial charge in [0.1, 0.15) is 23.7 Å². The first kappa shape index (κ1) is 30.7. The van der Waals surface area contributed by atoms with Crippen LogP contribution < -0.4 is 9.64 Å². The summed E-state index contributed by atoms with van der Waals surface area (Å²) in [7, 11) is 2.16. The molecule has 4 aromatic carbocycles. The van der Waals surface area contributed by atoms with Crippen LogP contribution in [0.4, 0.5) is 5.69 Å². The van der Waals surface area contributed by atoms with Gasteiger partial charge in [-0.3, -0.25) is 0 Å². The second-order valence-electron chi connectivity index (χ2n) is 11.5. The highest BCUT2D eigenvalue weighted by Gasteiger charge is 2.20. The molecule has 4 aromatic rings. The van der Waals surface area contributed by atoms with Gasteiger partial charge in [-0.1, -0.05) is 106 Å². The summed E-state index contributed by atoms with van der Waals surface area (Å²) in [4.78, 5) is 15.2. The quantitative estimate of drug-likeness (QED) is 0.137. The summed E-state index contributed by atoms with van der Waals surface area (Å²) >= 11 is 0. The van der Waals surface area contributed by atoms with Crippen molar-refractivity contribution >= 4 is 11.7 Å². The van der Waals surface area contributed by atoms with Gasteiger partial charge in [-0.15, -0.1) is 0 Å². The number of phenolic OH excluding ortho intramolecular Hbond substituents is 1. The summed E-state index contributed by atoms with van der Waals surface area (Å²) in [6.07, 6.45) is 0.825. The largest absolute Gasteiger partial charge is 0.506 e. The van der Waals surface area contributed by atoms with Gasteiger partial charge in [0.15, 0.2) is 0 Å². The molecule has 0 heterocycles. The monoisotopic (exact) mass is 565 g/mol. The van der Waals surface area contributed by atoms with E-state index < -0.39 is 5.97 Å². The van der Waals surface area contributed by atoms with E-state index in [4.69, 9.17) is 9.47 Å². The minimum Gasteiger partial charge on any atom is -0.506 e. The van der Waals surface area contributed by atoms with Gasteiger partial charge in [0.2, 0.25) is 0 Å². The van der Waals surface area contributed by atoms with Crippen LogP contribution in [0.5, 0.6) is 11.5 Å². The third-order valence-electron chi connectivity index (χ3n) is 7.48. The van der Waals surface area contributed by atoms with Crippen molar-refractivity contribution in [2.75, 3.05) is 25.1 Å². The number of aryl methyl sites for hydroxylation is 1. The fourth-order valence-corrected chi connectivity index (χ4v) is 5.29. The Morgan fingerprint density at radius 3 is 2.12 bits per heavy atom. The lowest BCUT2D eigenvalue weighted by molar-refractivity contribution is 0.0469. The van der Waals surface area contributed by atoms with Crippen LogP contribution in [-0.2, 0) is 11.3 Å². The van der Waals surface area contributed by atoms with Crippen molar-refractivity contribution in [3.8, 4) is 22.6 Å². The topological polar surface area (TPSA) is 59.0 Å². The predicted molar refractivity (Wildman–Crippen MR) is 172 cm³/mol. The Bertz CT molecular complexity index is 1460. The second-order valence-corrected chi connectivity index (χ2v) is 11.5. The first-order valence-electron chi connectivity index (χ1n) is 14.8. The van der Waals surface area contributed by atoms with Crippen molar-refractivity contribution in [2.45, 2.75) is 59.5 Å². The van der Waals surface area contributed by atoms with Crippen molar-refractivity contribution in [1.29, 1.82) is 0 Å². The van der Waals surface area contributed by atoms with E-state index in [1.165, 1.54) is 22.4 Å². The standard InChI is InChI=1S/C37H43NO4/c1-25(2)32-22-27(5)23-33(26(3)4)35(32)38(6)20-13-21-41-34-19-11-10-16-29(34)30-17-12-18-31(36(30)39)37(40)42-24-28-14-8-7-9-15-28/h7-12,14-19,22-23,25-26,39H,13,20-21,24H2,1-6H3. The average Bonchev–Trinajstić information content (AvgIpc) is 2.98. The van der Waals surface area contributed by atoms with Crippen molar-refractivity contribution in [3.63, 3.8) is 0 Å². The smallest absolute Gasteiger partial charge is 0.342 e. The van der Waals surface area contributed by atoms with E-state index in [-0.39, 0.29) is 17.9 Å². The van der Waals surface area contributed by atoms with Gasteiger partial charge < -0.3 is 19.5 Å². The first-order chi connectivity index (χ1) is 20.2. The molecule has 0 saturated heterocycles. The Morgan fingerprint density at radius 2 is 1.45 bits per heavy atom. The van der Waals surface area contributed by atoms with Crippen molar-refractivity contribution in [3.05, 3.63) is 113 Å². The van der Waals surface area contributed by atoms with E-state index >= 15 is 0 Å². The summed E-state index contributed by atoms with van der Waals surface area (Å²) in [6, 6.07) is 26.8. The highest BCUT2D eigenvalue weighted by atomic mass is 16.5. The zero-order valence-electron chi connectivity index (χ0n) is 25.7. The van der Waals surface area contributed by atoms with Gasteiger partial charge in [-0.2, -0.15) is 0 Å². The molecule has 0 radical (unpaired) electrons. The molecule has 1 N–H and O–H groups in total. The van der Waals surface area contributed by atoms with Gasteiger partial charge >= 0.3 is 5.97 Å². The molecule has 0 aliphatic rings. The summed E-state index contributed by atoms with van der Waals surface area (Å²) in [5.41, 5.74) is 7.65. The van der Waals surface area contributed by atoms with Crippen LogP contribution in [0.15, 0.2) is 84.9 Å². The molecule has 4 rings (SSSR count). The maximum absolute atomic E-state index is 12.8. The van der Waals surface area contributed by atoms with Crippen LogP contribution in [0, 0.1) is 6.92 Å². The SMILES string of the molecule is Cc1cc(C(C)C)c(N(C)CCCOc2ccccc2-c2cccc(C(=O)OCc3ccccc3)c2O)c(C(C)C)c1. The van der Waals surface area contributed by atoms with Gasteiger partial charge in [-0.25, -0.2) is 4.79 Å². The Labute approximate surface area is 250 Å². The van der Waals surface area contributed by atoms with Gasteiger partial charge in [0.25, 0.3) is 0 Å². The summed E-state index contributed by atoms with van der Waals surface area (Å²) in [5.74, 6) is 0.834. The minimum atomic E-state index is -0.572. The van der Waals surface area contributed by atoms with E-state index in [1.807, 2.05) is 54.6 Å². The molecular formula is C37H43NO4. The Hall–Kier alpha value is -4.25. The average molecular weight is 566 g/mol. The third-order valence-corrected chi connectivity index (χ3v) is 7.48. The molecule has 0 saturated carbocycles. The molecule has 0 amide bonds. The number of hydrogen-bond acceptors (Lipinski definition) is 5. The molecular weight excluding hydrogens is 522 g/mol. The molecule has 0 bridgehead atoms. The molecule has 5 nitrogen and oxygen atoms in total.